The summed E-state index contributed by atoms with van der Waals surface area (Å²) in [4.78, 5) is 12.0. The van der Waals surface area contributed by atoms with Crippen LogP contribution in [0.5, 0.6) is 0 Å². The van der Waals surface area contributed by atoms with Crippen LogP contribution in [0, 0.1) is 11.8 Å². The van der Waals surface area contributed by atoms with Crippen molar-refractivity contribution in [3.63, 3.8) is 0 Å². The van der Waals surface area contributed by atoms with E-state index >= 15 is 0 Å². The van der Waals surface area contributed by atoms with Crippen LogP contribution in [0.2, 0.25) is 0 Å². The highest BCUT2D eigenvalue weighted by atomic mass is 16.3. The number of benzene rings is 1. The molecule has 1 fully saturated rings. The zero-order valence-electron chi connectivity index (χ0n) is 10.3. The van der Waals surface area contributed by atoms with Gasteiger partial charge in [0, 0.05) is 17.2 Å². The number of aliphatic hydroxyl groups is 1. The molecule has 0 radical (unpaired) electrons. The van der Waals surface area contributed by atoms with E-state index < -0.39 is 6.10 Å². The predicted molar refractivity (Wildman–Crippen MR) is 67.6 cm³/mol. The Morgan fingerprint density at radius 2 is 2.00 bits per heavy atom. The summed E-state index contributed by atoms with van der Waals surface area (Å²) in [5.41, 5.74) is 1.49. The Balaban J connectivity index is 2.09. The Morgan fingerprint density at radius 1 is 1.35 bits per heavy atom. The van der Waals surface area contributed by atoms with Crippen molar-refractivity contribution in [1.29, 1.82) is 0 Å². The van der Waals surface area contributed by atoms with Crippen molar-refractivity contribution in [2.45, 2.75) is 32.8 Å². The van der Waals surface area contributed by atoms with Crippen LogP contribution in [0.1, 0.15) is 38.4 Å². The molecule has 0 heterocycles. The molecule has 2 atom stereocenters. The lowest BCUT2D eigenvalue weighted by Crippen LogP contribution is -2.22. The number of hydrogen-bond donors (Lipinski definition) is 2. The third-order valence-electron chi connectivity index (χ3n) is 3.41. The van der Waals surface area contributed by atoms with Gasteiger partial charge in [-0.15, -0.1) is 0 Å². The van der Waals surface area contributed by atoms with Gasteiger partial charge in [0.25, 0.3) is 0 Å². The first-order valence-corrected chi connectivity index (χ1v) is 6.17. The Labute approximate surface area is 102 Å². The van der Waals surface area contributed by atoms with E-state index in [1.165, 1.54) is 0 Å². The van der Waals surface area contributed by atoms with Crippen LogP contribution in [0.15, 0.2) is 24.3 Å². The summed E-state index contributed by atoms with van der Waals surface area (Å²) in [6.07, 6.45) is 1.75. The molecule has 0 bridgehead atoms. The summed E-state index contributed by atoms with van der Waals surface area (Å²) in [5.74, 6) is 0.673. The summed E-state index contributed by atoms with van der Waals surface area (Å²) in [6.45, 7) is 3.67. The number of amides is 1. The molecule has 3 heteroatoms. The number of para-hydroxylation sites is 1. The maximum Gasteiger partial charge on any atom is 0.227 e. The molecule has 2 rings (SSSR count). The lowest BCUT2D eigenvalue weighted by molar-refractivity contribution is -0.119. The molecule has 1 aromatic carbocycles. The molecule has 92 valence electrons. The molecule has 17 heavy (non-hydrogen) atoms. The number of aliphatic hydroxyl groups excluding tert-OH is 1. The Morgan fingerprint density at radius 3 is 2.59 bits per heavy atom. The van der Waals surface area contributed by atoms with E-state index in [-0.39, 0.29) is 11.8 Å². The van der Waals surface area contributed by atoms with Crippen LogP contribution in [0.25, 0.3) is 0 Å². The van der Waals surface area contributed by atoms with Gasteiger partial charge < -0.3 is 10.4 Å². The van der Waals surface area contributed by atoms with Gasteiger partial charge in [-0.3, -0.25) is 4.79 Å². The third kappa shape index (κ3) is 2.86. The first-order valence-electron chi connectivity index (χ1n) is 6.17. The molecule has 0 aromatic heterocycles. The summed E-state index contributed by atoms with van der Waals surface area (Å²) in [5, 5.41) is 12.5. The van der Waals surface area contributed by atoms with Gasteiger partial charge >= 0.3 is 0 Å². The SMILES string of the molecule is CC(O)c1ccccc1NC(=O)C(C)C1CC1. The fraction of sp³-hybridized carbons (Fsp3) is 0.500. The zero-order valence-corrected chi connectivity index (χ0v) is 10.3. The molecular weight excluding hydrogens is 214 g/mol. The summed E-state index contributed by atoms with van der Waals surface area (Å²) in [7, 11) is 0. The molecule has 1 aromatic rings. The average molecular weight is 233 g/mol. The van der Waals surface area contributed by atoms with Gasteiger partial charge in [0.05, 0.1) is 6.10 Å². The number of rotatable bonds is 4. The number of nitrogens with one attached hydrogen (secondary N) is 1. The van der Waals surface area contributed by atoms with Gasteiger partial charge in [0.1, 0.15) is 0 Å². The largest absolute Gasteiger partial charge is 0.389 e. The number of anilines is 1. The van der Waals surface area contributed by atoms with E-state index in [9.17, 15) is 9.90 Å². The van der Waals surface area contributed by atoms with E-state index in [0.29, 0.717) is 5.92 Å². The van der Waals surface area contributed by atoms with E-state index in [0.717, 1.165) is 24.1 Å². The normalized spacial score (nSPS) is 18.5. The van der Waals surface area contributed by atoms with Gasteiger partial charge in [-0.05, 0) is 31.7 Å². The van der Waals surface area contributed by atoms with E-state index in [2.05, 4.69) is 5.32 Å². The van der Waals surface area contributed by atoms with Crippen molar-refractivity contribution < 1.29 is 9.90 Å². The topological polar surface area (TPSA) is 49.3 Å². The molecule has 0 saturated heterocycles. The molecule has 1 saturated carbocycles. The molecule has 0 spiro atoms. The second-order valence-corrected chi connectivity index (χ2v) is 4.88. The minimum Gasteiger partial charge on any atom is -0.389 e. The molecule has 1 aliphatic carbocycles. The highest BCUT2D eigenvalue weighted by molar-refractivity contribution is 5.93. The first kappa shape index (κ1) is 12.1. The van der Waals surface area contributed by atoms with Crippen molar-refractivity contribution in [3.8, 4) is 0 Å². The van der Waals surface area contributed by atoms with Gasteiger partial charge in [-0.1, -0.05) is 25.1 Å². The average Bonchev–Trinajstić information content (AvgIpc) is 3.12. The van der Waals surface area contributed by atoms with Crippen LogP contribution < -0.4 is 5.32 Å². The zero-order chi connectivity index (χ0) is 12.4. The lowest BCUT2D eigenvalue weighted by atomic mass is 10.0. The van der Waals surface area contributed by atoms with E-state index in [1.807, 2.05) is 31.2 Å². The van der Waals surface area contributed by atoms with Crippen LogP contribution in [0.4, 0.5) is 5.69 Å². The second-order valence-electron chi connectivity index (χ2n) is 4.88. The van der Waals surface area contributed by atoms with Crippen molar-refractivity contribution in [2.24, 2.45) is 11.8 Å². The van der Waals surface area contributed by atoms with Crippen molar-refractivity contribution in [2.75, 3.05) is 5.32 Å². The summed E-state index contributed by atoms with van der Waals surface area (Å²) < 4.78 is 0. The lowest BCUT2D eigenvalue weighted by Gasteiger charge is -2.15. The molecular formula is C14H19NO2. The number of carbonyl (C=O) groups is 1. The van der Waals surface area contributed by atoms with Crippen molar-refractivity contribution in [1.82, 2.24) is 0 Å². The third-order valence-corrected chi connectivity index (χ3v) is 3.41. The summed E-state index contributed by atoms with van der Waals surface area (Å²) in [6, 6.07) is 7.40. The number of hydrogen-bond acceptors (Lipinski definition) is 2. The van der Waals surface area contributed by atoms with Crippen molar-refractivity contribution >= 4 is 11.6 Å². The molecule has 3 nitrogen and oxygen atoms in total. The van der Waals surface area contributed by atoms with Crippen molar-refractivity contribution in [3.05, 3.63) is 29.8 Å². The Bertz CT molecular complexity index is 410. The highest BCUT2D eigenvalue weighted by Gasteiger charge is 2.32. The highest BCUT2D eigenvalue weighted by Crippen LogP contribution is 2.37. The minimum atomic E-state index is -0.567. The minimum absolute atomic E-state index is 0.0561. The fourth-order valence-electron chi connectivity index (χ4n) is 2.03. The van der Waals surface area contributed by atoms with Gasteiger partial charge in [0.2, 0.25) is 5.91 Å². The maximum absolute atomic E-state index is 12.0. The van der Waals surface area contributed by atoms with Crippen LogP contribution in [-0.2, 0) is 4.79 Å². The Kier molecular flexibility index (Phi) is 3.48. The van der Waals surface area contributed by atoms with Gasteiger partial charge in [-0.25, -0.2) is 0 Å². The maximum atomic E-state index is 12.0. The molecule has 1 amide bonds. The quantitative estimate of drug-likeness (QED) is 0.840. The van der Waals surface area contributed by atoms with E-state index in [1.54, 1.807) is 6.92 Å². The van der Waals surface area contributed by atoms with Crippen LogP contribution in [-0.4, -0.2) is 11.0 Å². The number of carbonyl (C=O) groups excluding carboxylic acids is 1. The fourth-order valence-corrected chi connectivity index (χ4v) is 2.03. The summed E-state index contributed by atoms with van der Waals surface area (Å²) >= 11 is 0. The molecule has 0 aliphatic heterocycles. The van der Waals surface area contributed by atoms with Crippen LogP contribution >= 0.6 is 0 Å². The van der Waals surface area contributed by atoms with Gasteiger partial charge in [-0.2, -0.15) is 0 Å². The van der Waals surface area contributed by atoms with E-state index in [4.69, 9.17) is 0 Å². The Hall–Kier alpha value is -1.35. The van der Waals surface area contributed by atoms with Gasteiger partial charge in [0.15, 0.2) is 0 Å². The second kappa shape index (κ2) is 4.88. The molecule has 2 unspecified atom stereocenters. The monoisotopic (exact) mass is 233 g/mol. The standard InChI is InChI=1S/C14H19NO2/c1-9(11-7-8-11)14(17)15-13-6-4-3-5-12(13)10(2)16/h3-6,9-11,16H,7-8H2,1-2H3,(H,15,17). The first-order chi connectivity index (χ1) is 8.09. The molecule has 2 N–H and O–H groups in total. The predicted octanol–water partition coefficient (Wildman–Crippen LogP) is 2.72. The smallest absolute Gasteiger partial charge is 0.227 e. The molecule has 1 aliphatic rings. The van der Waals surface area contributed by atoms with Crippen LogP contribution in [0.3, 0.4) is 0 Å².